The van der Waals surface area contributed by atoms with Gasteiger partial charge in [-0.05, 0) is 31.4 Å². The number of halogens is 1. The maximum atomic E-state index is 11.6. The Bertz CT molecular complexity index is 649. The first-order chi connectivity index (χ1) is 9.28. The van der Waals surface area contributed by atoms with Crippen LogP contribution in [0.1, 0.15) is 18.5 Å². The van der Waals surface area contributed by atoms with Crippen LogP contribution >= 0.6 is 11.6 Å². The Morgan fingerprint density at radius 2 is 2.15 bits per heavy atom. The lowest BCUT2D eigenvalue weighted by Gasteiger charge is -2.23. The fourth-order valence-corrected chi connectivity index (χ4v) is 4.03. The molecule has 20 heavy (non-hydrogen) atoms. The topological polar surface area (TPSA) is 115 Å². The molecule has 0 saturated carbocycles. The van der Waals surface area contributed by atoms with E-state index in [1.807, 2.05) is 0 Å². The molecule has 1 aromatic heterocycles. The van der Waals surface area contributed by atoms with Crippen LogP contribution in [0.4, 0.5) is 11.5 Å². The number of hydrogen-bond donors (Lipinski definition) is 1. The molecule has 1 N–H and O–H groups in total. The van der Waals surface area contributed by atoms with Gasteiger partial charge in [-0.2, -0.15) is 4.98 Å². The SMILES string of the molecule is Cc1nc(Cl)nc(NC2CCCS(=O)(=O)C2)c1[N+](=O)[O-]. The molecule has 1 saturated heterocycles. The maximum absolute atomic E-state index is 11.6. The molecule has 110 valence electrons. The number of anilines is 1. The second kappa shape index (κ2) is 5.49. The van der Waals surface area contributed by atoms with Crippen LogP contribution in [0.5, 0.6) is 0 Å². The van der Waals surface area contributed by atoms with Crippen LogP contribution in [0, 0.1) is 17.0 Å². The van der Waals surface area contributed by atoms with Gasteiger partial charge in [-0.1, -0.05) is 0 Å². The first kappa shape index (κ1) is 14.9. The number of sulfone groups is 1. The predicted octanol–water partition coefficient (Wildman–Crippen LogP) is 1.34. The summed E-state index contributed by atoms with van der Waals surface area (Å²) < 4.78 is 23.1. The number of aryl methyl sites for hydroxylation is 1. The van der Waals surface area contributed by atoms with Gasteiger partial charge in [-0.3, -0.25) is 10.1 Å². The van der Waals surface area contributed by atoms with Crippen molar-refractivity contribution in [3.63, 3.8) is 0 Å². The molecule has 1 aromatic rings. The second-order valence-electron chi connectivity index (χ2n) is 4.63. The summed E-state index contributed by atoms with van der Waals surface area (Å²) in [4.78, 5) is 18.0. The summed E-state index contributed by atoms with van der Waals surface area (Å²) in [6.45, 7) is 1.45. The summed E-state index contributed by atoms with van der Waals surface area (Å²) in [5, 5.41) is 13.7. The van der Waals surface area contributed by atoms with Gasteiger partial charge in [-0.25, -0.2) is 13.4 Å². The quantitative estimate of drug-likeness (QED) is 0.507. The third-order valence-corrected chi connectivity index (χ3v) is 5.01. The fourth-order valence-electron chi connectivity index (χ4n) is 2.18. The summed E-state index contributed by atoms with van der Waals surface area (Å²) >= 11 is 5.70. The molecule has 0 radical (unpaired) electrons. The predicted molar refractivity (Wildman–Crippen MR) is 73.7 cm³/mol. The molecule has 2 rings (SSSR count). The van der Waals surface area contributed by atoms with Gasteiger partial charge in [-0.15, -0.1) is 0 Å². The summed E-state index contributed by atoms with van der Waals surface area (Å²) in [5.74, 6) is 0.0522. The average molecular weight is 321 g/mol. The molecule has 1 fully saturated rings. The maximum Gasteiger partial charge on any atom is 0.332 e. The van der Waals surface area contributed by atoms with Gasteiger partial charge in [0.05, 0.1) is 16.4 Å². The van der Waals surface area contributed by atoms with Gasteiger partial charge in [0.25, 0.3) is 0 Å². The van der Waals surface area contributed by atoms with Gasteiger partial charge in [0.15, 0.2) is 9.84 Å². The van der Waals surface area contributed by atoms with E-state index in [4.69, 9.17) is 11.6 Å². The fraction of sp³-hybridized carbons (Fsp3) is 0.600. The van der Waals surface area contributed by atoms with Crippen molar-refractivity contribution in [1.82, 2.24) is 9.97 Å². The normalized spacial score (nSPS) is 21.4. The molecule has 1 aliphatic rings. The Morgan fingerprint density at radius 1 is 1.45 bits per heavy atom. The van der Waals surface area contributed by atoms with Gasteiger partial charge < -0.3 is 5.32 Å². The third kappa shape index (κ3) is 3.34. The monoisotopic (exact) mass is 320 g/mol. The lowest BCUT2D eigenvalue weighted by molar-refractivity contribution is -0.385. The van der Waals surface area contributed by atoms with Crippen LogP contribution in [-0.4, -0.2) is 40.9 Å². The van der Waals surface area contributed by atoms with Crippen LogP contribution in [0.15, 0.2) is 0 Å². The van der Waals surface area contributed by atoms with Crippen LogP contribution in [0.3, 0.4) is 0 Å². The van der Waals surface area contributed by atoms with Crippen molar-refractivity contribution >= 4 is 32.9 Å². The molecule has 1 aliphatic heterocycles. The highest BCUT2D eigenvalue weighted by atomic mass is 35.5. The van der Waals surface area contributed by atoms with Crippen molar-refractivity contribution in [2.24, 2.45) is 0 Å². The number of rotatable bonds is 3. The molecule has 0 spiro atoms. The lowest BCUT2D eigenvalue weighted by Crippen LogP contribution is -2.35. The summed E-state index contributed by atoms with van der Waals surface area (Å²) in [7, 11) is -3.11. The van der Waals surface area contributed by atoms with Gasteiger partial charge in [0, 0.05) is 6.04 Å². The van der Waals surface area contributed by atoms with E-state index in [9.17, 15) is 18.5 Å². The minimum atomic E-state index is -3.11. The standard InChI is InChI=1S/C10H13ClN4O4S/c1-6-8(15(16)17)9(14-10(11)12-6)13-7-3-2-4-20(18,19)5-7/h7H,2-5H2,1H3,(H,12,13,14). The highest BCUT2D eigenvalue weighted by Gasteiger charge is 2.28. The van der Waals surface area contributed by atoms with E-state index >= 15 is 0 Å². The number of hydrogen-bond acceptors (Lipinski definition) is 7. The molecular formula is C10H13ClN4O4S. The zero-order valence-corrected chi connectivity index (χ0v) is 12.2. The first-order valence-corrected chi connectivity index (χ1v) is 8.14. The first-order valence-electron chi connectivity index (χ1n) is 5.94. The Morgan fingerprint density at radius 3 is 2.75 bits per heavy atom. The molecule has 1 unspecified atom stereocenters. The van der Waals surface area contributed by atoms with Crippen molar-refractivity contribution in [2.45, 2.75) is 25.8 Å². The van der Waals surface area contributed by atoms with Crippen LogP contribution in [-0.2, 0) is 9.84 Å². The number of nitro groups is 1. The second-order valence-corrected chi connectivity index (χ2v) is 7.20. The Hall–Kier alpha value is -1.48. The van der Waals surface area contributed by atoms with Crippen molar-refractivity contribution in [2.75, 3.05) is 16.8 Å². The molecule has 0 amide bonds. The Labute approximate surface area is 120 Å². The van der Waals surface area contributed by atoms with E-state index in [-0.39, 0.29) is 34.0 Å². The van der Waals surface area contributed by atoms with Crippen molar-refractivity contribution in [3.05, 3.63) is 21.1 Å². The average Bonchev–Trinajstić information content (AvgIpc) is 2.25. The number of nitrogens with one attached hydrogen (secondary N) is 1. The van der Waals surface area contributed by atoms with Crippen molar-refractivity contribution in [1.29, 1.82) is 0 Å². The smallest absolute Gasteiger partial charge is 0.332 e. The Kier molecular flexibility index (Phi) is 4.09. The van der Waals surface area contributed by atoms with Crippen molar-refractivity contribution in [3.8, 4) is 0 Å². The molecular weight excluding hydrogens is 308 g/mol. The molecule has 0 aliphatic carbocycles. The molecule has 0 bridgehead atoms. The highest BCUT2D eigenvalue weighted by Crippen LogP contribution is 2.28. The van der Waals surface area contributed by atoms with Crippen molar-refractivity contribution < 1.29 is 13.3 Å². The summed E-state index contributed by atoms with van der Waals surface area (Å²) in [6.07, 6.45) is 1.13. The largest absolute Gasteiger partial charge is 0.360 e. The lowest BCUT2D eigenvalue weighted by atomic mass is 10.2. The third-order valence-electron chi connectivity index (χ3n) is 3.02. The van der Waals surface area contributed by atoms with Gasteiger partial charge >= 0.3 is 5.69 Å². The van der Waals surface area contributed by atoms with Gasteiger partial charge in [0.1, 0.15) is 5.69 Å². The van der Waals surface area contributed by atoms with E-state index < -0.39 is 20.8 Å². The van der Waals surface area contributed by atoms with E-state index in [0.29, 0.717) is 12.8 Å². The molecule has 0 aromatic carbocycles. The van der Waals surface area contributed by atoms with E-state index in [2.05, 4.69) is 15.3 Å². The minimum absolute atomic E-state index is 0.0328. The van der Waals surface area contributed by atoms with Crippen LogP contribution < -0.4 is 5.32 Å². The number of aromatic nitrogens is 2. The Balaban J connectivity index is 2.31. The van der Waals surface area contributed by atoms with E-state index in [1.165, 1.54) is 6.92 Å². The zero-order valence-electron chi connectivity index (χ0n) is 10.7. The van der Waals surface area contributed by atoms with E-state index in [0.717, 1.165) is 0 Å². The summed E-state index contributed by atoms with van der Waals surface area (Å²) in [5.41, 5.74) is -0.145. The van der Waals surface area contributed by atoms with Crippen LogP contribution in [0.25, 0.3) is 0 Å². The zero-order chi connectivity index (χ0) is 14.9. The molecule has 2 heterocycles. The number of nitrogens with zero attached hydrogens (tertiary/aromatic N) is 3. The minimum Gasteiger partial charge on any atom is -0.360 e. The van der Waals surface area contributed by atoms with Gasteiger partial charge in [0.2, 0.25) is 11.1 Å². The molecule has 10 heteroatoms. The van der Waals surface area contributed by atoms with E-state index in [1.54, 1.807) is 0 Å². The highest BCUT2D eigenvalue weighted by molar-refractivity contribution is 7.91. The van der Waals surface area contributed by atoms with Crippen LogP contribution in [0.2, 0.25) is 5.28 Å². The summed E-state index contributed by atoms with van der Waals surface area (Å²) in [6, 6.07) is -0.405. The molecule has 1 atom stereocenters. The molecule has 8 nitrogen and oxygen atoms in total.